The number of nitrogens with one attached hydrogen (secondary N) is 2. The molecular weight excluding hydrogens is 533 g/mol. The average molecular weight is 561 g/mol. The molecule has 0 fully saturated rings. The minimum atomic E-state index is -4.70. The maximum atomic E-state index is 13.7. The van der Waals surface area contributed by atoms with Crippen molar-refractivity contribution >= 4 is 28.9 Å². The molecule has 13 heteroatoms. The summed E-state index contributed by atoms with van der Waals surface area (Å²) in [5.74, 6) is -0.589. The SMILES string of the molecule is Cc1ccc(C(=O)Nc2cc(NCCN(C)C)c(Cl)c(C(F)(F)F)c2)cc1-n1cc(-c2cnn(C)c2C)nn1. The standard InChI is InChI=1S/C26H28ClF3N8O/c1-15-6-7-17(10-23(15)38-14-22(34-35-38)19-13-32-37(5)16(19)2)25(39)33-18-11-20(26(28,29)30)24(27)21(12-18)31-8-9-36(3)4/h6-7,10-14,31H,8-9H2,1-5H3,(H,33,39). The van der Waals surface area contributed by atoms with Gasteiger partial charge in [-0.1, -0.05) is 22.9 Å². The van der Waals surface area contributed by atoms with E-state index in [1.54, 1.807) is 40.0 Å². The highest BCUT2D eigenvalue weighted by Crippen LogP contribution is 2.40. The molecule has 0 aliphatic heterocycles. The maximum Gasteiger partial charge on any atom is 0.417 e. The number of amides is 1. The maximum absolute atomic E-state index is 13.7. The highest BCUT2D eigenvalue weighted by Gasteiger charge is 2.35. The van der Waals surface area contributed by atoms with Crippen molar-refractivity contribution in [2.24, 2.45) is 7.05 Å². The summed E-state index contributed by atoms with van der Waals surface area (Å²) in [6, 6.07) is 7.15. The zero-order chi connectivity index (χ0) is 28.5. The lowest BCUT2D eigenvalue weighted by molar-refractivity contribution is -0.137. The summed E-state index contributed by atoms with van der Waals surface area (Å²) >= 11 is 6.07. The zero-order valence-corrected chi connectivity index (χ0v) is 22.8. The summed E-state index contributed by atoms with van der Waals surface area (Å²) in [6.07, 6.45) is -1.27. The van der Waals surface area contributed by atoms with Gasteiger partial charge in [-0.3, -0.25) is 9.48 Å². The molecule has 2 aromatic heterocycles. The highest BCUT2D eigenvalue weighted by molar-refractivity contribution is 6.34. The third-order valence-corrected chi connectivity index (χ3v) is 6.64. The van der Waals surface area contributed by atoms with Crippen molar-refractivity contribution < 1.29 is 18.0 Å². The van der Waals surface area contributed by atoms with Crippen LogP contribution in [0.25, 0.3) is 16.9 Å². The van der Waals surface area contributed by atoms with Crippen LogP contribution in [0.3, 0.4) is 0 Å². The van der Waals surface area contributed by atoms with E-state index in [0.29, 0.717) is 24.5 Å². The lowest BCUT2D eigenvalue weighted by Crippen LogP contribution is -2.21. The molecule has 0 aliphatic rings. The van der Waals surface area contributed by atoms with E-state index in [0.717, 1.165) is 22.9 Å². The van der Waals surface area contributed by atoms with E-state index in [2.05, 4.69) is 26.0 Å². The van der Waals surface area contributed by atoms with E-state index in [1.165, 1.54) is 6.07 Å². The molecule has 0 spiro atoms. The van der Waals surface area contributed by atoms with Crippen LogP contribution in [0.5, 0.6) is 0 Å². The van der Waals surface area contributed by atoms with Crippen molar-refractivity contribution in [2.45, 2.75) is 20.0 Å². The second kappa shape index (κ2) is 11.1. The van der Waals surface area contributed by atoms with Crippen LogP contribution in [0.2, 0.25) is 5.02 Å². The number of nitrogens with zero attached hydrogens (tertiary/aromatic N) is 6. The normalized spacial score (nSPS) is 11.7. The number of rotatable bonds is 8. The lowest BCUT2D eigenvalue weighted by Gasteiger charge is -2.18. The topological polar surface area (TPSA) is 92.9 Å². The van der Waals surface area contributed by atoms with Crippen molar-refractivity contribution in [3.05, 3.63) is 70.1 Å². The van der Waals surface area contributed by atoms with Gasteiger partial charge in [-0.2, -0.15) is 18.3 Å². The molecule has 9 nitrogen and oxygen atoms in total. The third-order valence-electron chi connectivity index (χ3n) is 6.23. The highest BCUT2D eigenvalue weighted by atomic mass is 35.5. The molecule has 1 amide bonds. The van der Waals surface area contributed by atoms with Gasteiger partial charge in [0.05, 0.1) is 34.4 Å². The summed E-state index contributed by atoms with van der Waals surface area (Å²) in [6.45, 7) is 4.71. The number of likely N-dealkylation sites (N-methyl/N-ethyl adjacent to an activating group) is 1. The van der Waals surface area contributed by atoms with E-state index in [9.17, 15) is 18.0 Å². The van der Waals surface area contributed by atoms with Crippen LogP contribution in [0.4, 0.5) is 24.5 Å². The van der Waals surface area contributed by atoms with E-state index in [4.69, 9.17) is 11.6 Å². The molecule has 0 saturated carbocycles. The van der Waals surface area contributed by atoms with Crippen LogP contribution in [0.1, 0.15) is 27.2 Å². The summed E-state index contributed by atoms with van der Waals surface area (Å²) in [5.41, 5.74) is 3.01. The number of aromatic nitrogens is 5. The van der Waals surface area contributed by atoms with Crippen LogP contribution >= 0.6 is 11.6 Å². The molecule has 4 aromatic rings. The van der Waals surface area contributed by atoms with Crippen LogP contribution in [-0.4, -0.2) is 62.8 Å². The van der Waals surface area contributed by atoms with E-state index in [1.807, 2.05) is 39.9 Å². The predicted molar refractivity (Wildman–Crippen MR) is 144 cm³/mol. The van der Waals surface area contributed by atoms with Crippen molar-refractivity contribution in [3.63, 3.8) is 0 Å². The molecule has 0 aliphatic carbocycles. The molecule has 206 valence electrons. The fraction of sp³-hybridized carbons (Fsp3) is 0.308. The van der Waals surface area contributed by atoms with Crippen LogP contribution in [-0.2, 0) is 13.2 Å². The first-order valence-electron chi connectivity index (χ1n) is 12.0. The van der Waals surface area contributed by atoms with Crippen molar-refractivity contribution in [2.75, 3.05) is 37.8 Å². The Morgan fingerprint density at radius 1 is 1.15 bits per heavy atom. The van der Waals surface area contributed by atoms with Gasteiger partial charge in [0.15, 0.2) is 0 Å². The van der Waals surface area contributed by atoms with Crippen molar-refractivity contribution in [1.29, 1.82) is 0 Å². The van der Waals surface area contributed by atoms with Crippen molar-refractivity contribution in [1.82, 2.24) is 29.7 Å². The van der Waals surface area contributed by atoms with Crippen molar-refractivity contribution in [3.8, 4) is 16.9 Å². The number of carbonyl (C=O) groups excluding carboxylic acids is 1. The summed E-state index contributed by atoms with van der Waals surface area (Å²) < 4.78 is 44.4. The number of benzene rings is 2. The minimum absolute atomic E-state index is 0.0405. The number of halogens is 4. The van der Waals surface area contributed by atoms with Gasteiger partial charge in [0.25, 0.3) is 5.91 Å². The Morgan fingerprint density at radius 3 is 2.54 bits per heavy atom. The van der Waals surface area contributed by atoms with Gasteiger partial charge in [-0.15, -0.1) is 5.10 Å². The van der Waals surface area contributed by atoms with Gasteiger partial charge in [-0.25, -0.2) is 4.68 Å². The third kappa shape index (κ3) is 6.23. The largest absolute Gasteiger partial charge is 0.417 e. The summed E-state index contributed by atoms with van der Waals surface area (Å²) in [4.78, 5) is 15.0. The fourth-order valence-electron chi connectivity index (χ4n) is 3.90. The second-order valence-corrected chi connectivity index (χ2v) is 9.76. The Morgan fingerprint density at radius 2 is 1.90 bits per heavy atom. The molecule has 0 atom stereocenters. The van der Waals surface area contributed by atoms with Gasteiger partial charge < -0.3 is 15.5 Å². The lowest BCUT2D eigenvalue weighted by atomic mass is 10.1. The van der Waals surface area contributed by atoms with Gasteiger partial charge in [-0.05, 0) is 57.8 Å². The Bertz CT molecular complexity index is 1510. The number of carbonyl (C=O) groups is 1. The van der Waals surface area contributed by atoms with E-state index >= 15 is 0 Å². The van der Waals surface area contributed by atoms with Crippen LogP contribution in [0, 0.1) is 13.8 Å². The molecule has 39 heavy (non-hydrogen) atoms. The molecule has 2 N–H and O–H groups in total. The second-order valence-electron chi connectivity index (χ2n) is 9.38. The Balaban J connectivity index is 1.62. The molecule has 2 heterocycles. The first-order valence-corrected chi connectivity index (χ1v) is 12.4. The van der Waals surface area contributed by atoms with Gasteiger partial charge in [0.2, 0.25) is 0 Å². The van der Waals surface area contributed by atoms with E-state index < -0.39 is 22.7 Å². The number of hydrogen-bond donors (Lipinski definition) is 2. The Kier molecular flexibility index (Phi) is 7.98. The molecule has 0 bridgehead atoms. The monoisotopic (exact) mass is 560 g/mol. The van der Waals surface area contributed by atoms with Gasteiger partial charge in [0.1, 0.15) is 5.69 Å². The molecule has 0 unspecified atom stereocenters. The van der Waals surface area contributed by atoms with Crippen LogP contribution in [0.15, 0.2) is 42.7 Å². The first-order chi connectivity index (χ1) is 18.3. The Hall–Kier alpha value is -3.90. The first kappa shape index (κ1) is 28.1. The predicted octanol–water partition coefficient (Wildman–Crippen LogP) is 5.18. The number of anilines is 2. The van der Waals surface area contributed by atoms with Gasteiger partial charge in [0, 0.05) is 42.6 Å². The average Bonchev–Trinajstić information content (AvgIpc) is 3.47. The molecule has 4 rings (SSSR count). The zero-order valence-electron chi connectivity index (χ0n) is 22.1. The van der Waals surface area contributed by atoms with E-state index in [-0.39, 0.29) is 16.9 Å². The number of aryl methyl sites for hydroxylation is 2. The number of hydrogen-bond acceptors (Lipinski definition) is 6. The molecule has 0 saturated heterocycles. The van der Waals surface area contributed by atoms with Gasteiger partial charge >= 0.3 is 6.18 Å². The smallest absolute Gasteiger partial charge is 0.382 e. The molecule has 2 aromatic carbocycles. The molecular formula is C26H28ClF3N8O. The summed E-state index contributed by atoms with van der Waals surface area (Å²) in [5, 5.41) is 17.7. The Labute approximate surface area is 228 Å². The summed E-state index contributed by atoms with van der Waals surface area (Å²) in [7, 11) is 5.52. The number of alkyl halides is 3. The van der Waals surface area contributed by atoms with Crippen LogP contribution < -0.4 is 10.6 Å². The minimum Gasteiger partial charge on any atom is -0.382 e. The molecule has 0 radical (unpaired) electrons. The quantitative estimate of drug-likeness (QED) is 0.308. The fourth-order valence-corrected chi connectivity index (χ4v) is 4.18.